The van der Waals surface area contributed by atoms with Gasteiger partial charge in [0.05, 0.1) is 5.69 Å². The van der Waals surface area contributed by atoms with E-state index in [1.165, 1.54) is 6.42 Å². The minimum atomic E-state index is -0.0803. The standard InChI is InChI=1S/C21H26N4O2S/c26-20(23-12-6-2-7-13-23)25-16-18(17-10-4-1-5-11-17)22-19(25)28-21(27)24-14-8-3-9-15-24/h1,4-5,10-11,16H,2-3,6-9,12-15H2. The highest BCUT2D eigenvalue weighted by molar-refractivity contribution is 8.13. The molecule has 2 amide bonds. The normalized spacial score (nSPS) is 17.6. The molecule has 148 valence electrons. The number of imidazole rings is 1. The van der Waals surface area contributed by atoms with Gasteiger partial charge in [-0.25, -0.2) is 14.3 Å². The van der Waals surface area contributed by atoms with Crippen LogP contribution in [0.5, 0.6) is 0 Å². The van der Waals surface area contributed by atoms with Crippen molar-refractivity contribution in [3.8, 4) is 11.3 Å². The van der Waals surface area contributed by atoms with Crippen LogP contribution < -0.4 is 0 Å². The van der Waals surface area contributed by atoms with Crippen molar-refractivity contribution in [2.75, 3.05) is 26.2 Å². The van der Waals surface area contributed by atoms with Crippen molar-refractivity contribution < 1.29 is 9.59 Å². The van der Waals surface area contributed by atoms with Crippen molar-refractivity contribution in [1.82, 2.24) is 19.4 Å². The number of likely N-dealkylation sites (tertiary alicyclic amines) is 2. The molecule has 3 heterocycles. The van der Waals surface area contributed by atoms with Crippen molar-refractivity contribution in [2.24, 2.45) is 0 Å². The molecule has 0 spiro atoms. The van der Waals surface area contributed by atoms with Crippen LogP contribution in [0.15, 0.2) is 41.7 Å². The Morgan fingerprint density at radius 3 is 2.07 bits per heavy atom. The van der Waals surface area contributed by atoms with Crippen LogP contribution in [0.3, 0.4) is 0 Å². The van der Waals surface area contributed by atoms with Gasteiger partial charge in [0, 0.05) is 49.7 Å². The minimum Gasteiger partial charge on any atom is -0.333 e. The van der Waals surface area contributed by atoms with E-state index in [1.54, 1.807) is 10.8 Å². The first-order chi connectivity index (χ1) is 13.7. The summed E-state index contributed by atoms with van der Waals surface area (Å²) in [6.45, 7) is 3.11. The maximum atomic E-state index is 13.1. The molecule has 0 atom stereocenters. The van der Waals surface area contributed by atoms with E-state index in [2.05, 4.69) is 4.98 Å². The van der Waals surface area contributed by atoms with Crippen molar-refractivity contribution in [2.45, 2.75) is 43.7 Å². The first-order valence-corrected chi connectivity index (χ1v) is 10.9. The molecular weight excluding hydrogens is 372 g/mol. The molecule has 7 heteroatoms. The SMILES string of the molecule is O=C(Sc1nc(-c2ccccc2)cn1C(=O)N1CCCCC1)N1CCCCC1. The summed E-state index contributed by atoms with van der Waals surface area (Å²) in [5.74, 6) is 0. The summed E-state index contributed by atoms with van der Waals surface area (Å²) >= 11 is 1.08. The lowest BCUT2D eigenvalue weighted by molar-refractivity contribution is 0.186. The number of hydrogen-bond acceptors (Lipinski definition) is 4. The molecule has 4 rings (SSSR count). The van der Waals surface area contributed by atoms with Crippen LogP contribution in [0.25, 0.3) is 11.3 Å². The van der Waals surface area contributed by atoms with Crippen LogP contribution in [-0.2, 0) is 0 Å². The van der Waals surface area contributed by atoms with Gasteiger partial charge in [-0.15, -0.1) is 0 Å². The van der Waals surface area contributed by atoms with E-state index in [4.69, 9.17) is 0 Å². The summed E-state index contributed by atoms with van der Waals surface area (Å²) in [4.78, 5) is 34.3. The number of aromatic nitrogens is 2. The number of hydrogen-bond donors (Lipinski definition) is 0. The van der Waals surface area contributed by atoms with E-state index in [-0.39, 0.29) is 11.3 Å². The highest BCUT2D eigenvalue weighted by Crippen LogP contribution is 2.28. The summed E-state index contributed by atoms with van der Waals surface area (Å²) in [6, 6.07) is 9.72. The second-order valence-electron chi connectivity index (χ2n) is 7.39. The zero-order valence-corrected chi connectivity index (χ0v) is 16.9. The predicted molar refractivity (Wildman–Crippen MR) is 111 cm³/mol. The van der Waals surface area contributed by atoms with E-state index < -0.39 is 0 Å². The van der Waals surface area contributed by atoms with E-state index >= 15 is 0 Å². The molecule has 2 aromatic rings. The number of rotatable bonds is 2. The third kappa shape index (κ3) is 4.24. The Kier molecular flexibility index (Phi) is 6.00. The monoisotopic (exact) mass is 398 g/mol. The van der Waals surface area contributed by atoms with Gasteiger partial charge in [-0.1, -0.05) is 30.3 Å². The summed E-state index contributed by atoms with van der Waals surface area (Å²) in [5.41, 5.74) is 1.67. The molecular formula is C21H26N4O2S. The zero-order valence-electron chi connectivity index (χ0n) is 16.0. The molecule has 0 radical (unpaired) electrons. The van der Waals surface area contributed by atoms with Crippen LogP contribution in [0.4, 0.5) is 9.59 Å². The number of nitrogens with zero attached hydrogens (tertiary/aromatic N) is 4. The van der Waals surface area contributed by atoms with E-state index in [0.717, 1.165) is 81.3 Å². The number of piperidine rings is 2. The molecule has 2 aliphatic rings. The molecule has 0 aliphatic carbocycles. The largest absolute Gasteiger partial charge is 0.333 e. The van der Waals surface area contributed by atoms with Gasteiger partial charge in [0.15, 0.2) is 5.16 Å². The second kappa shape index (κ2) is 8.82. The Bertz CT molecular complexity index is 824. The first-order valence-electron chi connectivity index (χ1n) is 10.1. The molecule has 0 unspecified atom stereocenters. The summed E-state index contributed by atoms with van der Waals surface area (Å²) in [7, 11) is 0. The quantitative estimate of drug-likeness (QED) is 0.688. The van der Waals surface area contributed by atoms with Crippen LogP contribution in [-0.4, -0.2) is 56.8 Å². The minimum absolute atomic E-state index is 0.0161. The molecule has 2 saturated heterocycles. The zero-order chi connectivity index (χ0) is 19.3. The molecule has 1 aromatic heterocycles. The van der Waals surface area contributed by atoms with Crippen molar-refractivity contribution in [3.63, 3.8) is 0 Å². The molecule has 6 nitrogen and oxygen atoms in total. The lowest BCUT2D eigenvalue weighted by Crippen LogP contribution is -2.39. The van der Waals surface area contributed by atoms with Crippen molar-refractivity contribution >= 4 is 23.0 Å². The van der Waals surface area contributed by atoms with Crippen LogP contribution >= 0.6 is 11.8 Å². The maximum Gasteiger partial charge on any atom is 0.330 e. The third-order valence-corrected chi connectivity index (χ3v) is 6.27. The third-order valence-electron chi connectivity index (χ3n) is 5.37. The first kappa shape index (κ1) is 19.1. The molecule has 0 N–H and O–H groups in total. The van der Waals surface area contributed by atoms with Gasteiger partial charge in [-0.3, -0.25) is 4.79 Å². The van der Waals surface area contributed by atoms with Crippen molar-refractivity contribution in [1.29, 1.82) is 0 Å². The van der Waals surface area contributed by atoms with Gasteiger partial charge >= 0.3 is 6.03 Å². The van der Waals surface area contributed by atoms with E-state index in [9.17, 15) is 9.59 Å². The highest BCUT2D eigenvalue weighted by atomic mass is 32.2. The van der Waals surface area contributed by atoms with E-state index in [1.807, 2.05) is 40.1 Å². The van der Waals surface area contributed by atoms with E-state index in [0.29, 0.717) is 5.16 Å². The smallest absolute Gasteiger partial charge is 0.330 e. The number of amides is 2. The maximum absolute atomic E-state index is 13.1. The Labute approximate surface area is 169 Å². The summed E-state index contributed by atoms with van der Waals surface area (Å²) in [5, 5.41) is 0.447. The molecule has 0 saturated carbocycles. The molecule has 28 heavy (non-hydrogen) atoms. The fraction of sp³-hybridized carbons (Fsp3) is 0.476. The Morgan fingerprint density at radius 2 is 1.43 bits per heavy atom. The lowest BCUT2D eigenvalue weighted by Gasteiger charge is -2.28. The fourth-order valence-electron chi connectivity index (χ4n) is 3.78. The topological polar surface area (TPSA) is 58.4 Å². The van der Waals surface area contributed by atoms with Gasteiger partial charge in [-0.05, 0) is 38.5 Å². The number of carbonyl (C=O) groups is 2. The summed E-state index contributed by atoms with van der Waals surface area (Å²) in [6.07, 6.45) is 8.26. The Balaban J connectivity index is 1.61. The Morgan fingerprint density at radius 1 is 0.821 bits per heavy atom. The van der Waals surface area contributed by atoms with Crippen molar-refractivity contribution in [3.05, 3.63) is 36.5 Å². The molecule has 2 fully saturated rings. The van der Waals surface area contributed by atoms with Crippen LogP contribution in [0.2, 0.25) is 0 Å². The van der Waals surface area contributed by atoms with Gasteiger partial charge in [0.2, 0.25) is 0 Å². The predicted octanol–water partition coefficient (Wildman–Crippen LogP) is 4.70. The van der Waals surface area contributed by atoms with Crippen LogP contribution in [0, 0.1) is 0 Å². The number of thioether (sulfide) groups is 1. The average molecular weight is 399 g/mol. The fourth-order valence-corrected chi connectivity index (χ4v) is 4.62. The highest BCUT2D eigenvalue weighted by Gasteiger charge is 2.26. The number of carbonyl (C=O) groups excluding carboxylic acids is 2. The van der Waals surface area contributed by atoms with Gasteiger partial charge in [0.25, 0.3) is 5.24 Å². The molecule has 2 aliphatic heterocycles. The van der Waals surface area contributed by atoms with Crippen LogP contribution in [0.1, 0.15) is 38.5 Å². The average Bonchev–Trinajstić information content (AvgIpc) is 3.19. The Hall–Kier alpha value is -2.28. The molecule has 1 aromatic carbocycles. The van der Waals surface area contributed by atoms with Gasteiger partial charge in [0.1, 0.15) is 0 Å². The van der Waals surface area contributed by atoms with Gasteiger partial charge < -0.3 is 9.80 Å². The lowest BCUT2D eigenvalue weighted by atomic mass is 10.1. The molecule has 0 bridgehead atoms. The summed E-state index contributed by atoms with van der Waals surface area (Å²) < 4.78 is 1.57. The second-order valence-corrected chi connectivity index (χ2v) is 8.31. The number of benzene rings is 1. The van der Waals surface area contributed by atoms with Gasteiger partial charge in [-0.2, -0.15) is 0 Å².